The van der Waals surface area contributed by atoms with Crippen LogP contribution in [-0.2, 0) is 4.74 Å². The fourth-order valence-corrected chi connectivity index (χ4v) is 1.65. The van der Waals surface area contributed by atoms with Crippen molar-refractivity contribution in [2.75, 3.05) is 26.7 Å². The molecule has 1 aliphatic heterocycles. The minimum atomic E-state index is 0.286. The number of ether oxygens (including phenoxy) is 1. The number of hydrogen-bond donors (Lipinski definition) is 2. The average molecular weight is 185 g/mol. The van der Waals surface area contributed by atoms with Gasteiger partial charge in [0.15, 0.2) is 0 Å². The molecular formula is C9H19N3O. The van der Waals surface area contributed by atoms with Crippen molar-refractivity contribution in [3.63, 3.8) is 0 Å². The lowest BCUT2D eigenvalue weighted by Gasteiger charge is -2.30. The molecule has 0 aliphatic carbocycles. The zero-order chi connectivity index (χ0) is 9.68. The summed E-state index contributed by atoms with van der Waals surface area (Å²) in [5.74, 6) is 0.286. The molecule has 0 bridgehead atoms. The summed E-state index contributed by atoms with van der Waals surface area (Å²) >= 11 is 0. The Morgan fingerprint density at radius 1 is 1.54 bits per heavy atom. The Labute approximate surface area is 79.6 Å². The van der Waals surface area contributed by atoms with Crippen LogP contribution in [0.2, 0.25) is 0 Å². The monoisotopic (exact) mass is 185 g/mol. The number of amidine groups is 1. The van der Waals surface area contributed by atoms with Gasteiger partial charge in [-0.15, -0.1) is 0 Å². The summed E-state index contributed by atoms with van der Waals surface area (Å²) in [6.07, 6.45) is 3.34. The third-order valence-corrected chi connectivity index (χ3v) is 2.57. The second kappa shape index (κ2) is 5.19. The summed E-state index contributed by atoms with van der Waals surface area (Å²) in [5, 5.41) is 7.12. The highest BCUT2D eigenvalue weighted by Gasteiger charge is 2.17. The maximum Gasteiger partial charge on any atom is 0.0918 e. The number of nitrogens with one attached hydrogen (secondary N) is 1. The second-order valence-electron chi connectivity index (χ2n) is 3.55. The molecule has 4 heteroatoms. The number of hydrogen-bond acceptors (Lipinski definition) is 3. The molecule has 0 unspecified atom stereocenters. The summed E-state index contributed by atoms with van der Waals surface area (Å²) in [7, 11) is 1.77. The van der Waals surface area contributed by atoms with Gasteiger partial charge in [-0.05, 0) is 12.8 Å². The molecular weight excluding hydrogens is 166 g/mol. The molecule has 0 spiro atoms. The van der Waals surface area contributed by atoms with E-state index in [-0.39, 0.29) is 5.84 Å². The first-order valence-corrected chi connectivity index (χ1v) is 4.80. The smallest absolute Gasteiger partial charge is 0.0918 e. The molecule has 0 aromatic carbocycles. The molecule has 0 radical (unpaired) electrons. The van der Waals surface area contributed by atoms with E-state index in [0.29, 0.717) is 12.5 Å². The van der Waals surface area contributed by atoms with Crippen LogP contribution in [-0.4, -0.2) is 43.6 Å². The van der Waals surface area contributed by atoms with E-state index in [4.69, 9.17) is 15.9 Å². The molecule has 13 heavy (non-hydrogen) atoms. The maximum atomic E-state index is 7.12. The molecule has 0 amide bonds. The summed E-state index contributed by atoms with van der Waals surface area (Å²) in [6.45, 7) is 3.07. The van der Waals surface area contributed by atoms with Crippen LogP contribution in [0.1, 0.15) is 19.3 Å². The van der Waals surface area contributed by atoms with Gasteiger partial charge < -0.3 is 15.4 Å². The van der Waals surface area contributed by atoms with Gasteiger partial charge in [-0.25, -0.2) is 0 Å². The fraction of sp³-hybridized carbons (Fsp3) is 0.889. The van der Waals surface area contributed by atoms with Gasteiger partial charge >= 0.3 is 0 Å². The number of likely N-dealkylation sites (tertiary alicyclic amines) is 1. The summed E-state index contributed by atoms with van der Waals surface area (Å²) in [6, 6.07) is 0. The van der Waals surface area contributed by atoms with E-state index in [2.05, 4.69) is 4.90 Å². The normalized spacial score (nSPS) is 20.4. The molecule has 1 rings (SSSR count). The van der Waals surface area contributed by atoms with Crippen molar-refractivity contribution in [1.82, 2.24) is 4.90 Å². The van der Waals surface area contributed by atoms with Crippen molar-refractivity contribution < 1.29 is 4.74 Å². The molecule has 0 aromatic rings. The zero-order valence-corrected chi connectivity index (χ0v) is 8.25. The van der Waals surface area contributed by atoms with E-state index in [1.54, 1.807) is 7.11 Å². The Morgan fingerprint density at radius 3 is 2.62 bits per heavy atom. The van der Waals surface area contributed by atoms with Crippen LogP contribution in [0.5, 0.6) is 0 Å². The first kappa shape index (κ1) is 10.5. The van der Waals surface area contributed by atoms with Gasteiger partial charge in [-0.3, -0.25) is 5.41 Å². The lowest BCUT2D eigenvalue weighted by atomic mass is 10.1. The third kappa shape index (κ3) is 3.74. The van der Waals surface area contributed by atoms with Crippen LogP contribution in [0, 0.1) is 5.41 Å². The Hall–Kier alpha value is -0.610. The van der Waals surface area contributed by atoms with Gasteiger partial charge in [0.1, 0.15) is 0 Å². The molecule has 1 aliphatic rings. The summed E-state index contributed by atoms with van der Waals surface area (Å²) < 4.78 is 5.27. The molecule has 0 atom stereocenters. The Bertz CT molecular complexity index is 164. The van der Waals surface area contributed by atoms with Crippen molar-refractivity contribution in [3.8, 4) is 0 Å². The average Bonchev–Trinajstić information content (AvgIpc) is 2.15. The molecule has 1 heterocycles. The quantitative estimate of drug-likeness (QED) is 0.493. The zero-order valence-electron chi connectivity index (χ0n) is 8.25. The maximum absolute atomic E-state index is 7.12. The minimum absolute atomic E-state index is 0.286. The van der Waals surface area contributed by atoms with Crippen LogP contribution in [0.25, 0.3) is 0 Å². The SMILES string of the molecule is COC1CCN(CCC(=N)N)CC1. The van der Waals surface area contributed by atoms with Gasteiger partial charge in [0.2, 0.25) is 0 Å². The number of nitrogens with zero attached hydrogens (tertiary/aromatic N) is 1. The van der Waals surface area contributed by atoms with E-state index >= 15 is 0 Å². The van der Waals surface area contributed by atoms with Crippen molar-refractivity contribution >= 4 is 5.84 Å². The molecule has 0 saturated carbocycles. The van der Waals surface area contributed by atoms with Crippen molar-refractivity contribution in [2.45, 2.75) is 25.4 Å². The van der Waals surface area contributed by atoms with Crippen LogP contribution in [0.3, 0.4) is 0 Å². The van der Waals surface area contributed by atoms with E-state index in [0.717, 1.165) is 32.5 Å². The van der Waals surface area contributed by atoms with Gasteiger partial charge in [0, 0.05) is 33.2 Å². The second-order valence-corrected chi connectivity index (χ2v) is 3.55. The molecule has 1 fully saturated rings. The summed E-state index contributed by atoms with van der Waals surface area (Å²) in [4.78, 5) is 2.34. The Morgan fingerprint density at radius 2 is 2.15 bits per heavy atom. The predicted octanol–water partition coefficient (Wildman–Crippen LogP) is 0.423. The Kier molecular flexibility index (Phi) is 4.18. The third-order valence-electron chi connectivity index (χ3n) is 2.57. The van der Waals surface area contributed by atoms with Crippen LogP contribution < -0.4 is 5.73 Å². The highest BCUT2D eigenvalue weighted by Crippen LogP contribution is 2.12. The lowest BCUT2D eigenvalue weighted by molar-refractivity contribution is 0.0419. The van der Waals surface area contributed by atoms with Crippen LogP contribution in [0.4, 0.5) is 0 Å². The van der Waals surface area contributed by atoms with E-state index in [9.17, 15) is 0 Å². The number of methoxy groups -OCH3 is 1. The highest BCUT2D eigenvalue weighted by atomic mass is 16.5. The largest absolute Gasteiger partial charge is 0.388 e. The molecule has 76 valence electrons. The van der Waals surface area contributed by atoms with E-state index in [1.165, 1.54) is 0 Å². The van der Waals surface area contributed by atoms with Crippen molar-refractivity contribution in [3.05, 3.63) is 0 Å². The van der Waals surface area contributed by atoms with E-state index < -0.39 is 0 Å². The van der Waals surface area contributed by atoms with E-state index in [1.807, 2.05) is 0 Å². The summed E-state index contributed by atoms with van der Waals surface area (Å²) in [5.41, 5.74) is 5.30. The first-order valence-electron chi connectivity index (χ1n) is 4.80. The first-order chi connectivity index (χ1) is 6.22. The molecule has 1 saturated heterocycles. The standard InChI is InChI=1S/C9H19N3O/c1-13-8-2-5-12(6-3-8)7-4-9(10)11/h8H,2-7H2,1H3,(H3,10,11). The molecule has 4 nitrogen and oxygen atoms in total. The molecule has 3 N–H and O–H groups in total. The van der Waals surface area contributed by atoms with Gasteiger partial charge in [0.05, 0.1) is 11.9 Å². The van der Waals surface area contributed by atoms with Crippen molar-refractivity contribution in [2.24, 2.45) is 5.73 Å². The minimum Gasteiger partial charge on any atom is -0.388 e. The predicted molar refractivity (Wildman–Crippen MR) is 53.0 cm³/mol. The number of piperidine rings is 1. The number of rotatable bonds is 4. The van der Waals surface area contributed by atoms with Crippen LogP contribution in [0.15, 0.2) is 0 Å². The lowest BCUT2D eigenvalue weighted by Crippen LogP contribution is -2.38. The Balaban J connectivity index is 2.14. The topological polar surface area (TPSA) is 62.3 Å². The molecule has 0 aromatic heterocycles. The van der Waals surface area contributed by atoms with Crippen LogP contribution >= 0.6 is 0 Å². The highest BCUT2D eigenvalue weighted by molar-refractivity contribution is 5.76. The van der Waals surface area contributed by atoms with Gasteiger partial charge in [0.25, 0.3) is 0 Å². The number of nitrogens with two attached hydrogens (primary N) is 1. The van der Waals surface area contributed by atoms with Crippen molar-refractivity contribution in [1.29, 1.82) is 5.41 Å². The van der Waals surface area contributed by atoms with Gasteiger partial charge in [-0.2, -0.15) is 0 Å². The van der Waals surface area contributed by atoms with Gasteiger partial charge in [-0.1, -0.05) is 0 Å². The fourth-order valence-electron chi connectivity index (χ4n) is 1.65.